The standard InChI is InChI=1S/C16H17N2O5/c17-16(21)23-11-4-1-10(2-5-11)3-6-14(20)18-8-7-13-15(18)12(19)9-22-13/h1-2,4-6,13,15H,3,7-9H2,(H2,17,21). The average molecular weight is 317 g/mol. The zero-order valence-electron chi connectivity index (χ0n) is 12.4. The second kappa shape index (κ2) is 6.37. The summed E-state index contributed by atoms with van der Waals surface area (Å²) in [6.45, 7) is 0.641. The highest BCUT2D eigenvalue weighted by molar-refractivity contribution is 5.95. The highest BCUT2D eigenvalue weighted by Crippen LogP contribution is 2.27. The lowest BCUT2D eigenvalue weighted by atomic mass is 10.1. The van der Waals surface area contributed by atoms with Crippen LogP contribution in [0, 0.1) is 6.42 Å². The van der Waals surface area contributed by atoms with Crippen molar-refractivity contribution >= 4 is 17.8 Å². The van der Waals surface area contributed by atoms with E-state index in [0.29, 0.717) is 25.1 Å². The first kappa shape index (κ1) is 15.5. The van der Waals surface area contributed by atoms with Crippen molar-refractivity contribution < 1.29 is 23.9 Å². The Hall–Kier alpha value is -2.41. The molecule has 1 aromatic carbocycles. The Kier molecular flexibility index (Phi) is 4.29. The number of carbonyl (C=O) groups excluding carboxylic acids is 3. The van der Waals surface area contributed by atoms with E-state index < -0.39 is 12.1 Å². The monoisotopic (exact) mass is 317 g/mol. The third-order valence-electron chi connectivity index (χ3n) is 4.05. The van der Waals surface area contributed by atoms with E-state index in [-0.39, 0.29) is 24.4 Å². The maximum atomic E-state index is 12.3. The fraction of sp³-hybridized carbons (Fsp3) is 0.375. The second-order valence-electron chi connectivity index (χ2n) is 5.55. The van der Waals surface area contributed by atoms with Gasteiger partial charge in [-0.3, -0.25) is 9.59 Å². The number of hydrogen-bond acceptors (Lipinski definition) is 5. The Labute approximate surface area is 133 Å². The number of ketones is 1. The van der Waals surface area contributed by atoms with Gasteiger partial charge in [-0.1, -0.05) is 12.1 Å². The summed E-state index contributed by atoms with van der Waals surface area (Å²) >= 11 is 0. The molecule has 2 amide bonds. The number of Topliss-reactive ketones (excluding diaryl/α,β-unsaturated/α-hetero) is 1. The number of nitrogens with two attached hydrogens (primary N) is 1. The maximum absolute atomic E-state index is 12.3. The van der Waals surface area contributed by atoms with Gasteiger partial charge in [0.25, 0.3) is 0 Å². The molecular weight excluding hydrogens is 300 g/mol. The average Bonchev–Trinajstić information content (AvgIpc) is 3.09. The molecule has 1 radical (unpaired) electrons. The zero-order chi connectivity index (χ0) is 16.4. The van der Waals surface area contributed by atoms with Crippen LogP contribution in [0.25, 0.3) is 0 Å². The van der Waals surface area contributed by atoms with Gasteiger partial charge in [0.1, 0.15) is 18.4 Å². The lowest BCUT2D eigenvalue weighted by Gasteiger charge is -2.21. The number of primary amides is 1. The molecule has 2 heterocycles. The summed E-state index contributed by atoms with van der Waals surface area (Å²) in [4.78, 5) is 36.3. The Morgan fingerprint density at radius 3 is 2.78 bits per heavy atom. The number of rotatable bonds is 4. The van der Waals surface area contributed by atoms with Crippen molar-refractivity contribution in [1.82, 2.24) is 4.90 Å². The van der Waals surface area contributed by atoms with Gasteiger partial charge < -0.3 is 20.1 Å². The van der Waals surface area contributed by atoms with Gasteiger partial charge in [-0.05, 0) is 30.5 Å². The van der Waals surface area contributed by atoms with Crippen molar-refractivity contribution in [3.05, 3.63) is 36.2 Å². The third-order valence-corrected chi connectivity index (χ3v) is 4.05. The van der Waals surface area contributed by atoms with Gasteiger partial charge in [0.2, 0.25) is 5.91 Å². The van der Waals surface area contributed by atoms with Crippen LogP contribution in [0.1, 0.15) is 12.0 Å². The van der Waals surface area contributed by atoms with E-state index in [2.05, 4.69) is 0 Å². The normalized spacial score (nSPS) is 23.0. The highest BCUT2D eigenvalue weighted by Gasteiger charge is 2.46. The van der Waals surface area contributed by atoms with Crippen LogP contribution in [0.4, 0.5) is 4.79 Å². The molecule has 2 unspecified atom stereocenters. The van der Waals surface area contributed by atoms with Crippen LogP contribution < -0.4 is 10.5 Å². The first-order chi connectivity index (χ1) is 11.0. The number of hydrogen-bond donors (Lipinski definition) is 1. The van der Waals surface area contributed by atoms with Crippen LogP contribution in [0.5, 0.6) is 5.75 Å². The molecule has 0 aliphatic carbocycles. The van der Waals surface area contributed by atoms with E-state index in [0.717, 1.165) is 5.56 Å². The molecule has 0 saturated carbocycles. The number of ether oxygens (including phenoxy) is 2. The van der Waals surface area contributed by atoms with E-state index in [1.807, 2.05) is 0 Å². The molecule has 0 bridgehead atoms. The van der Waals surface area contributed by atoms with E-state index in [9.17, 15) is 14.4 Å². The lowest BCUT2D eigenvalue weighted by molar-refractivity contribution is -0.133. The smallest absolute Gasteiger partial charge is 0.409 e. The molecule has 0 spiro atoms. The van der Waals surface area contributed by atoms with Crippen molar-refractivity contribution in [2.45, 2.75) is 25.0 Å². The molecule has 7 heteroatoms. The molecule has 0 aromatic heterocycles. The second-order valence-corrected chi connectivity index (χ2v) is 5.55. The van der Waals surface area contributed by atoms with Gasteiger partial charge in [-0.15, -0.1) is 0 Å². The van der Waals surface area contributed by atoms with Crippen LogP contribution in [0.2, 0.25) is 0 Å². The fourth-order valence-corrected chi connectivity index (χ4v) is 2.97. The summed E-state index contributed by atoms with van der Waals surface area (Å²) < 4.78 is 10.1. The van der Waals surface area contributed by atoms with Crippen molar-refractivity contribution in [1.29, 1.82) is 0 Å². The number of likely N-dealkylation sites (tertiary alicyclic amines) is 1. The molecular formula is C16H17N2O5. The van der Waals surface area contributed by atoms with E-state index in [1.54, 1.807) is 35.6 Å². The van der Waals surface area contributed by atoms with Crippen molar-refractivity contribution in [3.63, 3.8) is 0 Å². The summed E-state index contributed by atoms with van der Waals surface area (Å²) in [6.07, 6.45) is 1.67. The summed E-state index contributed by atoms with van der Waals surface area (Å²) in [5.41, 5.74) is 5.82. The molecule has 2 atom stereocenters. The largest absolute Gasteiger partial charge is 0.411 e. The molecule has 1 aromatic rings. The number of benzene rings is 1. The van der Waals surface area contributed by atoms with Crippen LogP contribution in [0.15, 0.2) is 24.3 Å². The minimum Gasteiger partial charge on any atom is -0.411 e. The molecule has 2 aliphatic rings. The van der Waals surface area contributed by atoms with E-state index in [1.165, 1.54) is 0 Å². The molecule has 2 saturated heterocycles. The van der Waals surface area contributed by atoms with Gasteiger partial charge in [0.15, 0.2) is 5.78 Å². The van der Waals surface area contributed by atoms with Gasteiger partial charge >= 0.3 is 6.09 Å². The Balaban J connectivity index is 1.55. The predicted molar refractivity (Wildman–Crippen MR) is 79.5 cm³/mol. The van der Waals surface area contributed by atoms with Gasteiger partial charge in [0, 0.05) is 6.54 Å². The van der Waals surface area contributed by atoms with Crippen LogP contribution in [-0.4, -0.2) is 48.0 Å². The third kappa shape index (κ3) is 3.34. The van der Waals surface area contributed by atoms with E-state index >= 15 is 0 Å². The van der Waals surface area contributed by atoms with E-state index in [4.69, 9.17) is 15.2 Å². The molecule has 2 fully saturated rings. The number of nitrogens with zero attached hydrogens (tertiary/aromatic N) is 1. The summed E-state index contributed by atoms with van der Waals surface area (Å²) in [5, 5.41) is 0. The summed E-state index contributed by atoms with van der Waals surface area (Å²) in [7, 11) is 0. The lowest BCUT2D eigenvalue weighted by Crippen LogP contribution is -2.42. The molecule has 23 heavy (non-hydrogen) atoms. The molecule has 2 N–H and O–H groups in total. The Bertz CT molecular complexity index is 628. The Morgan fingerprint density at radius 2 is 2.09 bits per heavy atom. The fourth-order valence-electron chi connectivity index (χ4n) is 2.97. The number of carbonyl (C=O) groups is 3. The quantitative estimate of drug-likeness (QED) is 0.870. The van der Waals surface area contributed by atoms with Crippen molar-refractivity contribution in [2.24, 2.45) is 5.73 Å². The first-order valence-corrected chi connectivity index (χ1v) is 7.39. The van der Waals surface area contributed by atoms with Crippen molar-refractivity contribution in [3.8, 4) is 5.75 Å². The molecule has 121 valence electrons. The zero-order valence-corrected chi connectivity index (χ0v) is 12.4. The Morgan fingerprint density at radius 1 is 1.35 bits per heavy atom. The van der Waals surface area contributed by atoms with Crippen LogP contribution in [0.3, 0.4) is 0 Å². The topological polar surface area (TPSA) is 98.9 Å². The first-order valence-electron chi connectivity index (χ1n) is 7.39. The number of amides is 2. The molecule has 3 rings (SSSR count). The summed E-state index contributed by atoms with van der Waals surface area (Å²) in [5.74, 6) is 0.166. The molecule has 2 aliphatic heterocycles. The SMILES string of the molecule is NC(=O)Oc1ccc(C[CH]C(=O)N2CCC3OCC(=O)C32)cc1. The minimum atomic E-state index is -0.869. The number of fused-ring (bicyclic) bond motifs is 1. The minimum absolute atomic E-state index is 0.0257. The van der Waals surface area contributed by atoms with Gasteiger partial charge in [-0.2, -0.15) is 0 Å². The molecule has 7 nitrogen and oxygen atoms in total. The van der Waals surface area contributed by atoms with Gasteiger partial charge in [0.05, 0.1) is 12.5 Å². The van der Waals surface area contributed by atoms with Gasteiger partial charge in [-0.25, -0.2) is 4.79 Å². The maximum Gasteiger partial charge on any atom is 0.409 e. The van der Waals surface area contributed by atoms with Crippen LogP contribution in [-0.2, 0) is 20.7 Å². The highest BCUT2D eigenvalue weighted by atomic mass is 16.5. The predicted octanol–water partition coefficient (Wildman–Crippen LogP) is 0.460. The summed E-state index contributed by atoms with van der Waals surface area (Å²) in [6, 6.07) is 6.29. The van der Waals surface area contributed by atoms with Crippen LogP contribution >= 0.6 is 0 Å². The van der Waals surface area contributed by atoms with Crippen molar-refractivity contribution in [2.75, 3.05) is 13.2 Å².